The molecule has 0 amide bonds. The van der Waals surface area contributed by atoms with Crippen LogP contribution in [-0.2, 0) is 0 Å². The summed E-state index contributed by atoms with van der Waals surface area (Å²) < 4.78 is 23.3. The van der Waals surface area contributed by atoms with Crippen molar-refractivity contribution >= 4 is 45.0 Å². The lowest BCUT2D eigenvalue weighted by Crippen LogP contribution is -2.20. The molecule has 0 fully saturated rings. The first kappa shape index (κ1) is 20.1. The zero-order valence-electron chi connectivity index (χ0n) is 16.8. The Morgan fingerprint density at radius 3 is 2.56 bits per heavy atom. The normalized spacial score (nSPS) is 11.1. The maximum Gasteiger partial charge on any atom is 0.290 e. The summed E-state index contributed by atoms with van der Waals surface area (Å²) in [5.41, 5.74) is 0.399. The van der Waals surface area contributed by atoms with Gasteiger partial charge in [0.25, 0.3) is 10.4 Å². The van der Waals surface area contributed by atoms with E-state index in [0.29, 0.717) is 38.6 Å². The standard InChI is InChI=1S/C21H14N4O5S2/c1-27-12-5-3-4-6-13(12)29-15-8-7-11-18(24-15)32-20(23-11)25-19(26)16-17(30-21(25)31)14(28-2)9-10-22-16/h3-10H,1-2H3. The number of rotatable bonds is 5. The Bertz CT molecular complexity index is 1590. The predicted octanol–water partition coefficient (Wildman–Crippen LogP) is 4.52. The third-order valence-electron chi connectivity index (χ3n) is 4.56. The zero-order valence-corrected chi connectivity index (χ0v) is 18.4. The van der Waals surface area contributed by atoms with Gasteiger partial charge in [0.05, 0.1) is 14.2 Å². The minimum Gasteiger partial charge on any atom is -0.493 e. The van der Waals surface area contributed by atoms with Crippen molar-refractivity contribution in [3.05, 3.63) is 63.9 Å². The Labute approximate surface area is 189 Å². The molecule has 0 saturated carbocycles. The summed E-state index contributed by atoms with van der Waals surface area (Å²) in [5.74, 6) is 1.85. The Balaban J connectivity index is 1.60. The van der Waals surface area contributed by atoms with Crippen LogP contribution in [0.25, 0.3) is 26.6 Å². The number of nitrogens with zero attached hydrogens (tertiary/aromatic N) is 4. The fourth-order valence-electron chi connectivity index (χ4n) is 3.09. The quantitative estimate of drug-likeness (QED) is 0.346. The molecular formula is C21H14N4O5S2. The van der Waals surface area contributed by atoms with E-state index in [9.17, 15) is 4.79 Å². The zero-order chi connectivity index (χ0) is 22.2. The number of aromatic nitrogens is 4. The molecule has 5 rings (SSSR count). The molecule has 0 atom stereocenters. The van der Waals surface area contributed by atoms with Gasteiger partial charge < -0.3 is 18.6 Å². The van der Waals surface area contributed by atoms with E-state index < -0.39 is 5.56 Å². The van der Waals surface area contributed by atoms with Gasteiger partial charge in [-0.05, 0) is 30.4 Å². The first-order valence-electron chi connectivity index (χ1n) is 9.26. The number of fused-ring (bicyclic) bond motifs is 2. The van der Waals surface area contributed by atoms with E-state index in [1.165, 1.54) is 29.2 Å². The topological polar surface area (TPSA) is 102 Å². The first-order valence-corrected chi connectivity index (χ1v) is 10.5. The average Bonchev–Trinajstić information content (AvgIpc) is 3.22. The highest BCUT2D eigenvalue weighted by Crippen LogP contribution is 2.32. The van der Waals surface area contributed by atoms with Crippen LogP contribution in [0.15, 0.2) is 57.9 Å². The number of hydrogen-bond donors (Lipinski definition) is 0. The van der Waals surface area contributed by atoms with Gasteiger partial charge in [0, 0.05) is 18.3 Å². The van der Waals surface area contributed by atoms with Crippen molar-refractivity contribution in [1.82, 2.24) is 19.5 Å². The molecule has 0 aliphatic heterocycles. The summed E-state index contributed by atoms with van der Waals surface area (Å²) in [6, 6.07) is 12.3. The molecule has 9 nitrogen and oxygen atoms in total. The van der Waals surface area contributed by atoms with Gasteiger partial charge in [-0.2, -0.15) is 0 Å². The van der Waals surface area contributed by atoms with Crippen LogP contribution in [0.4, 0.5) is 0 Å². The summed E-state index contributed by atoms with van der Waals surface area (Å²) in [6.45, 7) is 0. The number of pyridine rings is 2. The lowest BCUT2D eigenvalue weighted by Gasteiger charge is -2.08. The Kier molecular flexibility index (Phi) is 5.04. The molecule has 32 heavy (non-hydrogen) atoms. The van der Waals surface area contributed by atoms with E-state index in [1.807, 2.05) is 12.1 Å². The third-order valence-corrected chi connectivity index (χ3v) is 5.78. The molecule has 0 aliphatic rings. The molecular weight excluding hydrogens is 452 g/mol. The largest absolute Gasteiger partial charge is 0.493 e. The van der Waals surface area contributed by atoms with Gasteiger partial charge in [-0.1, -0.05) is 23.5 Å². The van der Waals surface area contributed by atoms with Crippen LogP contribution in [0.5, 0.6) is 23.1 Å². The molecule has 0 unspecified atom stereocenters. The molecule has 0 saturated heterocycles. The van der Waals surface area contributed by atoms with Crippen molar-refractivity contribution in [1.29, 1.82) is 0 Å². The van der Waals surface area contributed by atoms with Crippen LogP contribution in [0.1, 0.15) is 0 Å². The van der Waals surface area contributed by atoms with Gasteiger partial charge in [-0.15, -0.1) is 0 Å². The Morgan fingerprint density at radius 2 is 1.78 bits per heavy atom. The maximum absolute atomic E-state index is 13.1. The number of methoxy groups -OCH3 is 2. The highest BCUT2D eigenvalue weighted by atomic mass is 32.1. The highest BCUT2D eigenvalue weighted by molar-refractivity contribution is 7.71. The van der Waals surface area contributed by atoms with E-state index in [-0.39, 0.29) is 15.9 Å². The summed E-state index contributed by atoms with van der Waals surface area (Å²) in [6.07, 6.45) is 1.47. The van der Waals surface area contributed by atoms with Crippen molar-refractivity contribution in [2.45, 2.75) is 0 Å². The molecule has 0 radical (unpaired) electrons. The molecule has 160 valence electrons. The molecule has 0 spiro atoms. The molecule has 0 N–H and O–H groups in total. The van der Waals surface area contributed by atoms with Gasteiger partial charge in [0.1, 0.15) is 10.3 Å². The first-order chi connectivity index (χ1) is 15.6. The fourth-order valence-corrected chi connectivity index (χ4v) is 4.32. The second-order valence-corrected chi connectivity index (χ2v) is 7.73. The van der Waals surface area contributed by atoms with Crippen molar-refractivity contribution in [3.8, 4) is 28.3 Å². The molecule has 1 aromatic carbocycles. The monoisotopic (exact) mass is 466 g/mol. The number of thiazole rings is 1. The van der Waals surface area contributed by atoms with Gasteiger partial charge in [0.15, 0.2) is 22.8 Å². The Hall–Kier alpha value is -3.83. The predicted molar refractivity (Wildman–Crippen MR) is 121 cm³/mol. The second kappa shape index (κ2) is 8.02. The fraction of sp³-hybridized carbons (Fsp3) is 0.0952. The van der Waals surface area contributed by atoms with E-state index in [1.54, 1.807) is 37.4 Å². The van der Waals surface area contributed by atoms with Crippen LogP contribution in [0.2, 0.25) is 0 Å². The van der Waals surface area contributed by atoms with Gasteiger partial charge >= 0.3 is 0 Å². The average molecular weight is 467 g/mol. The van der Waals surface area contributed by atoms with Crippen LogP contribution < -0.4 is 19.8 Å². The number of benzene rings is 1. The van der Waals surface area contributed by atoms with Crippen LogP contribution in [-0.4, -0.2) is 33.7 Å². The summed E-state index contributed by atoms with van der Waals surface area (Å²) in [7, 11) is 3.04. The maximum atomic E-state index is 13.1. The number of ether oxygens (including phenoxy) is 3. The molecule has 0 aliphatic carbocycles. The summed E-state index contributed by atoms with van der Waals surface area (Å²) in [4.78, 5) is 26.7. The summed E-state index contributed by atoms with van der Waals surface area (Å²) >= 11 is 6.50. The van der Waals surface area contributed by atoms with Crippen molar-refractivity contribution in [2.75, 3.05) is 14.2 Å². The minimum atomic E-state index is -0.459. The smallest absolute Gasteiger partial charge is 0.290 e. The number of para-hydroxylation sites is 2. The third kappa shape index (κ3) is 3.37. The van der Waals surface area contributed by atoms with Gasteiger partial charge in [0.2, 0.25) is 16.6 Å². The van der Waals surface area contributed by atoms with Crippen molar-refractivity contribution < 1.29 is 18.6 Å². The summed E-state index contributed by atoms with van der Waals surface area (Å²) in [5, 5.41) is 0.312. The van der Waals surface area contributed by atoms with Gasteiger partial charge in [-0.3, -0.25) is 4.79 Å². The Morgan fingerprint density at radius 1 is 1.00 bits per heavy atom. The highest BCUT2D eigenvalue weighted by Gasteiger charge is 2.18. The van der Waals surface area contributed by atoms with Crippen LogP contribution >= 0.6 is 23.6 Å². The molecule has 4 heterocycles. The minimum absolute atomic E-state index is 0.0710. The molecule has 11 heteroatoms. The molecule has 5 aromatic rings. The van der Waals surface area contributed by atoms with Crippen molar-refractivity contribution in [3.63, 3.8) is 0 Å². The van der Waals surface area contributed by atoms with Crippen LogP contribution in [0, 0.1) is 4.84 Å². The number of hydrogen-bond acceptors (Lipinski definition) is 10. The van der Waals surface area contributed by atoms with Crippen LogP contribution in [0.3, 0.4) is 0 Å². The lowest BCUT2D eigenvalue weighted by molar-refractivity contribution is 0.375. The molecule has 0 bridgehead atoms. The van der Waals surface area contributed by atoms with E-state index in [0.717, 1.165) is 0 Å². The van der Waals surface area contributed by atoms with E-state index in [4.69, 9.17) is 30.8 Å². The van der Waals surface area contributed by atoms with Gasteiger partial charge in [-0.25, -0.2) is 19.5 Å². The lowest BCUT2D eigenvalue weighted by atomic mass is 10.3. The second-order valence-electron chi connectivity index (χ2n) is 6.42. The van der Waals surface area contributed by atoms with Crippen molar-refractivity contribution in [2.24, 2.45) is 0 Å². The molecule has 4 aromatic heterocycles. The van der Waals surface area contributed by atoms with E-state index in [2.05, 4.69) is 15.0 Å². The SMILES string of the molecule is COc1ccccc1Oc1ccc2nc(-n3c(=S)oc4c(OC)ccnc4c3=O)sc2n1. The van der Waals surface area contributed by atoms with E-state index >= 15 is 0 Å².